The fourth-order valence-corrected chi connectivity index (χ4v) is 4.70. The lowest BCUT2D eigenvalue weighted by molar-refractivity contribution is -0.384. The standard InChI is InChI=1S/C22H26Cl2N4O6/c1-22(2,3)34-21(30)27-14(6-7-17(27)20(29)26-8-4-5-13(26)11-25)12-33-19-10-18(28(31)32)15(23)9-16(19)24/h9-10,13-14,17H,4-8,12H2,1-3H3/t13-,14?,17-/m0/s1. The van der Waals surface area contributed by atoms with Crippen LogP contribution in [0.5, 0.6) is 5.75 Å². The number of hydrogen-bond donors (Lipinski definition) is 0. The minimum atomic E-state index is -0.799. The van der Waals surface area contributed by atoms with E-state index in [9.17, 15) is 25.0 Å². The number of nitro groups is 1. The van der Waals surface area contributed by atoms with E-state index in [1.807, 2.05) is 0 Å². The molecule has 1 aromatic rings. The van der Waals surface area contributed by atoms with E-state index in [0.717, 1.165) is 12.5 Å². The number of ether oxygens (including phenoxy) is 2. The molecule has 0 saturated carbocycles. The van der Waals surface area contributed by atoms with E-state index >= 15 is 0 Å². The zero-order chi connectivity index (χ0) is 25.2. The Morgan fingerprint density at radius 3 is 2.56 bits per heavy atom. The molecule has 2 saturated heterocycles. The van der Waals surface area contributed by atoms with Crippen LogP contribution >= 0.6 is 23.2 Å². The van der Waals surface area contributed by atoms with E-state index in [1.54, 1.807) is 20.8 Å². The van der Waals surface area contributed by atoms with Crippen LogP contribution in [0.25, 0.3) is 0 Å². The van der Waals surface area contributed by atoms with Gasteiger partial charge in [-0.1, -0.05) is 23.2 Å². The van der Waals surface area contributed by atoms with Crippen LogP contribution in [-0.2, 0) is 9.53 Å². The SMILES string of the molecule is CC(C)(C)OC(=O)N1C(COc2cc([N+](=O)[O-])c(Cl)cc2Cl)CC[C@H]1C(=O)N1CCC[C@H]1C#N. The topological polar surface area (TPSA) is 126 Å². The molecule has 0 radical (unpaired) electrons. The van der Waals surface area contributed by atoms with Crippen LogP contribution in [0.15, 0.2) is 12.1 Å². The number of carbonyl (C=O) groups excluding carboxylic acids is 2. The minimum Gasteiger partial charge on any atom is -0.490 e. The van der Waals surface area contributed by atoms with Gasteiger partial charge in [0.2, 0.25) is 5.91 Å². The predicted molar refractivity (Wildman–Crippen MR) is 124 cm³/mol. The first-order chi connectivity index (χ1) is 15.9. The average Bonchev–Trinajstić information content (AvgIpc) is 3.38. The van der Waals surface area contributed by atoms with Gasteiger partial charge in [-0.05, 0) is 52.5 Å². The number of benzene rings is 1. The van der Waals surface area contributed by atoms with E-state index in [2.05, 4.69) is 6.07 Å². The molecule has 0 N–H and O–H groups in total. The van der Waals surface area contributed by atoms with Crippen molar-refractivity contribution in [2.24, 2.45) is 0 Å². The molecule has 2 amide bonds. The summed E-state index contributed by atoms with van der Waals surface area (Å²) in [7, 11) is 0. The maximum Gasteiger partial charge on any atom is 0.411 e. The van der Waals surface area contributed by atoms with Crippen LogP contribution in [0.2, 0.25) is 10.0 Å². The lowest BCUT2D eigenvalue weighted by Crippen LogP contribution is -2.53. The number of halogens is 2. The Labute approximate surface area is 207 Å². The quantitative estimate of drug-likeness (QED) is 0.417. The van der Waals surface area contributed by atoms with Gasteiger partial charge in [-0.15, -0.1) is 0 Å². The highest BCUT2D eigenvalue weighted by Crippen LogP contribution is 2.37. The molecule has 2 heterocycles. The molecule has 2 aliphatic rings. The molecular formula is C22H26Cl2N4O6. The van der Waals surface area contributed by atoms with E-state index in [4.69, 9.17) is 32.7 Å². The number of rotatable bonds is 5. The minimum absolute atomic E-state index is 0.0424. The van der Waals surface area contributed by atoms with Crippen molar-refractivity contribution in [1.82, 2.24) is 9.80 Å². The summed E-state index contributed by atoms with van der Waals surface area (Å²) < 4.78 is 11.3. The summed E-state index contributed by atoms with van der Waals surface area (Å²) in [5.74, 6) is -0.252. The average molecular weight is 513 g/mol. The van der Waals surface area contributed by atoms with Crippen molar-refractivity contribution in [3.63, 3.8) is 0 Å². The van der Waals surface area contributed by atoms with Crippen molar-refractivity contribution in [3.8, 4) is 11.8 Å². The Bertz CT molecular complexity index is 1020. The molecular weight excluding hydrogens is 487 g/mol. The zero-order valence-corrected chi connectivity index (χ0v) is 20.6. The molecule has 0 aliphatic carbocycles. The van der Waals surface area contributed by atoms with Gasteiger partial charge in [-0.3, -0.25) is 19.8 Å². The zero-order valence-electron chi connectivity index (χ0n) is 19.1. The lowest BCUT2D eigenvalue weighted by Gasteiger charge is -2.34. The maximum absolute atomic E-state index is 13.3. The first-order valence-electron chi connectivity index (χ1n) is 10.9. The number of amides is 2. The van der Waals surface area contributed by atoms with Crippen LogP contribution < -0.4 is 4.74 Å². The van der Waals surface area contributed by atoms with Crippen molar-refractivity contribution in [2.75, 3.05) is 13.2 Å². The van der Waals surface area contributed by atoms with Gasteiger partial charge in [-0.25, -0.2) is 4.79 Å². The van der Waals surface area contributed by atoms with Gasteiger partial charge in [0.05, 0.1) is 28.1 Å². The van der Waals surface area contributed by atoms with Crippen molar-refractivity contribution < 1.29 is 24.0 Å². The molecule has 0 bridgehead atoms. The Balaban J connectivity index is 1.83. The molecule has 2 fully saturated rings. The van der Waals surface area contributed by atoms with Gasteiger partial charge in [0.1, 0.15) is 35.1 Å². The van der Waals surface area contributed by atoms with Crippen LogP contribution in [-0.4, -0.2) is 63.6 Å². The van der Waals surface area contributed by atoms with Gasteiger partial charge < -0.3 is 14.4 Å². The highest BCUT2D eigenvalue weighted by Gasteiger charge is 2.46. The maximum atomic E-state index is 13.3. The largest absolute Gasteiger partial charge is 0.490 e. The summed E-state index contributed by atoms with van der Waals surface area (Å²) in [6.45, 7) is 5.57. The summed E-state index contributed by atoms with van der Waals surface area (Å²) in [5, 5.41) is 20.5. The van der Waals surface area contributed by atoms with Gasteiger partial charge in [0.25, 0.3) is 5.69 Å². The molecule has 184 valence electrons. The summed E-state index contributed by atoms with van der Waals surface area (Å²) in [6.07, 6.45) is 1.46. The van der Waals surface area contributed by atoms with Crippen molar-refractivity contribution >= 4 is 40.9 Å². The molecule has 12 heteroatoms. The van der Waals surface area contributed by atoms with Crippen LogP contribution in [0, 0.1) is 21.4 Å². The van der Waals surface area contributed by atoms with E-state index in [1.165, 1.54) is 15.9 Å². The number of nitrogens with zero attached hydrogens (tertiary/aromatic N) is 4. The summed E-state index contributed by atoms with van der Waals surface area (Å²) in [6, 6.07) is 2.64. The van der Waals surface area contributed by atoms with Crippen molar-refractivity contribution in [2.45, 2.75) is 70.2 Å². The highest BCUT2D eigenvalue weighted by atomic mass is 35.5. The smallest absolute Gasteiger partial charge is 0.411 e. The van der Waals surface area contributed by atoms with E-state index < -0.39 is 34.7 Å². The number of carbonyl (C=O) groups is 2. The monoisotopic (exact) mass is 512 g/mol. The Morgan fingerprint density at radius 1 is 1.24 bits per heavy atom. The van der Waals surface area contributed by atoms with Gasteiger partial charge in [-0.2, -0.15) is 5.26 Å². The molecule has 1 unspecified atom stereocenters. The third-order valence-corrected chi connectivity index (χ3v) is 6.30. The second kappa shape index (κ2) is 10.2. The number of nitro benzene ring substituents is 1. The first-order valence-corrected chi connectivity index (χ1v) is 11.7. The lowest BCUT2D eigenvalue weighted by atomic mass is 10.1. The molecule has 10 nitrogen and oxygen atoms in total. The predicted octanol–water partition coefficient (Wildman–Crippen LogP) is 4.56. The second-order valence-electron chi connectivity index (χ2n) is 9.26. The molecule has 2 aliphatic heterocycles. The third kappa shape index (κ3) is 5.65. The Hall–Kier alpha value is -2.77. The number of likely N-dealkylation sites (tertiary alicyclic amines) is 2. The summed E-state index contributed by atoms with van der Waals surface area (Å²) >= 11 is 12.0. The fourth-order valence-electron chi connectivity index (χ4n) is 4.19. The molecule has 3 atom stereocenters. The summed E-state index contributed by atoms with van der Waals surface area (Å²) in [4.78, 5) is 39.8. The van der Waals surface area contributed by atoms with Gasteiger partial charge >= 0.3 is 6.09 Å². The summed E-state index contributed by atoms with van der Waals surface area (Å²) in [5.41, 5.74) is -1.15. The van der Waals surface area contributed by atoms with Crippen molar-refractivity contribution in [1.29, 1.82) is 5.26 Å². The number of hydrogen-bond acceptors (Lipinski definition) is 7. The molecule has 1 aromatic carbocycles. The second-order valence-corrected chi connectivity index (χ2v) is 10.1. The highest BCUT2D eigenvalue weighted by molar-refractivity contribution is 6.36. The van der Waals surface area contributed by atoms with Crippen LogP contribution in [0.3, 0.4) is 0 Å². The molecule has 3 rings (SSSR count). The van der Waals surface area contributed by atoms with Crippen LogP contribution in [0.4, 0.5) is 10.5 Å². The van der Waals surface area contributed by atoms with E-state index in [0.29, 0.717) is 25.8 Å². The fraction of sp³-hybridized carbons (Fsp3) is 0.591. The Morgan fingerprint density at radius 2 is 1.94 bits per heavy atom. The third-order valence-electron chi connectivity index (χ3n) is 5.71. The van der Waals surface area contributed by atoms with E-state index in [-0.39, 0.29) is 34.0 Å². The molecule has 0 spiro atoms. The Kier molecular flexibility index (Phi) is 7.78. The molecule has 34 heavy (non-hydrogen) atoms. The molecule has 0 aromatic heterocycles. The first kappa shape index (κ1) is 25.8. The van der Waals surface area contributed by atoms with Crippen molar-refractivity contribution in [3.05, 3.63) is 32.3 Å². The normalized spacial score (nSPS) is 22.4. The van der Waals surface area contributed by atoms with Gasteiger partial charge in [0.15, 0.2) is 0 Å². The number of nitriles is 1. The van der Waals surface area contributed by atoms with Gasteiger partial charge in [0, 0.05) is 6.54 Å². The van der Waals surface area contributed by atoms with Crippen LogP contribution in [0.1, 0.15) is 46.5 Å².